The van der Waals surface area contributed by atoms with Gasteiger partial charge in [-0.15, -0.1) is 0 Å². The third kappa shape index (κ3) is 5.74. The van der Waals surface area contributed by atoms with E-state index in [2.05, 4.69) is 9.98 Å². The Labute approximate surface area is 188 Å². The van der Waals surface area contributed by atoms with Crippen molar-refractivity contribution < 1.29 is 26.7 Å². The molecule has 3 nitrogen and oxygen atoms in total. The van der Waals surface area contributed by atoms with Crippen LogP contribution in [0.3, 0.4) is 0 Å². The van der Waals surface area contributed by atoms with Gasteiger partial charge in [-0.05, 0) is 48.1 Å². The minimum Gasteiger partial charge on any atom is -0.471 e. The SMILES string of the molecule is Fc1cccc(F)c1C1=NC(c2ccc(C3=C/N=C(OCC(F)(F)F)CC\C=C\3)cc2)CC1. The maximum absolute atomic E-state index is 14.1. The highest BCUT2D eigenvalue weighted by atomic mass is 19.4. The van der Waals surface area contributed by atoms with Gasteiger partial charge in [0.1, 0.15) is 11.6 Å². The second-order valence-electron chi connectivity index (χ2n) is 7.80. The summed E-state index contributed by atoms with van der Waals surface area (Å²) in [5.41, 5.74) is 2.84. The highest BCUT2D eigenvalue weighted by molar-refractivity contribution is 6.02. The van der Waals surface area contributed by atoms with E-state index in [-0.39, 0.29) is 17.5 Å². The fourth-order valence-electron chi connectivity index (χ4n) is 3.80. The van der Waals surface area contributed by atoms with Gasteiger partial charge in [0.25, 0.3) is 0 Å². The first kappa shape index (κ1) is 22.9. The maximum atomic E-state index is 14.1. The Kier molecular flexibility index (Phi) is 6.72. The van der Waals surface area contributed by atoms with Gasteiger partial charge in [-0.1, -0.05) is 42.5 Å². The molecule has 33 heavy (non-hydrogen) atoms. The van der Waals surface area contributed by atoms with Crippen LogP contribution in [0.2, 0.25) is 0 Å². The number of allylic oxidation sites excluding steroid dienone is 3. The first-order valence-corrected chi connectivity index (χ1v) is 10.5. The molecule has 1 atom stereocenters. The number of aliphatic imine (C=N–C) groups is 2. The maximum Gasteiger partial charge on any atom is 0.422 e. The quantitative estimate of drug-likeness (QED) is 0.454. The number of benzene rings is 2. The number of nitrogens with zero attached hydrogens (tertiary/aromatic N) is 2. The average Bonchev–Trinajstić information content (AvgIpc) is 3.22. The van der Waals surface area contributed by atoms with E-state index < -0.39 is 24.4 Å². The van der Waals surface area contributed by atoms with Crippen molar-refractivity contribution in [3.63, 3.8) is 0 Å². The monoisotopic (exact) mass is 460 g/mol. The Hall–Kier alpha value is -3.29. The standard InChI is InChI=1S/C25H21F5N2O/c26-19-5-3-6-20(27)24(19)22-13-12-21(32-22)17-10-8-16(9-11-17)18-4-1-2-7-23(31-14-18)33-15-25(28,29)30/h1,3-6,8-11,14,21H,2,7,12-13,15H2/b4-1+,18-14+,31-23?. The van der Waals surface area contributed by atoms with Crippen LogP contribution in [0.1, 0.15) is 48.4 Å². The normalized spacial score (nSPS) is 21.4. The first-order chi connectivity index (χ1) is 15.8. The lowest BCUT2D eigenvalue weighted by Crippen LogP contribution is -2.20. The van der Waals surface area contributed by atoms with Gasteiger partial charge < -0.3 is 4.74 Å². The van der Waals surface area contributed by atoms with E-state index in [9.17, 15) is 22.0 Å². The molecule has 0 radical (unpaired) electrons. The number of halogens is 5. The van der Waals surface area contributed by atoms with Crippen molar-refractivity contribution in [3.05, 3.63) is 89.1 Å². The van der Waals surface area contributed by atoms with Crippen LogP contribution in [-0.2, 0) is 4.74 Å². The molecule has 0 aromatic heterocycles. The third-order valence-corrected chi connectivity index (χ3v) is 5.42. The largest absolute Gasteiger partial charge is 0.471 e. The summed E-state index contributed by atoms with van der Waals surface area (Å²) < 4.78 is 70.2. The Morgan fingerprint density at radius 1 is 0.970 bits per heavy atom. The van der Waals surface area contributed by atoms with E-state index in [0.717, 1.165) is 16.7 Å². The van der Waals surface area contributed by atoms with Gasteiger partial charge >= 0.3 is 6.18 Å². The Morgan fingerprint density at radius 3 is 2.39 bits per heavy atom. The van der Waals surface area contributed by atoms with Gasteiger partial charge in [0, 0.05) is 18.3 Å². The van der Waals surface area contributed by atoms with Gasteiger partial charge in [0.05, 0.1) is 11.6 Å². The summed E-state index contributed by atoms with van der Waals surface area (Å²) in [4.78, 5) is 8.64. The molecule has 0 amide bonds. The summed E-state index contributed by atoms with van der Waals surface area (Å²) in [6, 6.07) is 11.1. The van der Waals surface area contributed by atoms with Crippen molar-refractivity contribution >= 4 is 17.2 Å². The number of alkyl halides is 3. The highest BCUT2D eigenvalue weighted by Gasteiger charge is 2.29. The molecule has 0 N–H and O–H groups in total. The van der Waals surface area contributed by atoms with Crippen molar-refractivity contribution in [1.82, 2.24) is 0 Å². The number of hydrogen-bond acceptors (Lipinski definition) is 3. The molecule has 2 aromatic carbocycles. The van der Waals surface area contributed by atoms with Crippen LogP contribution < -0.4 is 0 Å². The molecule has 2 aliphatic heterocycles. The third-order valence-electron chi connectivity index (χ3n) is 5.42. The molecule has 8 heteroatoms. The molecular formula is C25H21F5N2O. The van der Waals surface area contributed by atoms with E-state index in [0.29, 0.717) is 31.4 Å². The smallest absolute Gasteiger partial charge is 0.422 e. The minimum absolute atomic E-state index is 0.0407. The van der Waals surface area contributed by atoms with Crippen LogP contribution in [0.4, 0.5) is 22.0 Å². The second kappa shape index (κ2) is 9.68. The van der Waals surface area contributed by atoms with E-state index in [1.54, 1.807) is 0 Å². The molecule has 2 aromatic rings. The summed E-state index contributed by atoms with van der Waals surface area (Å²) in [7, 11) is 0. The molecule has 2 heterocycles. The molecule has 0 saturated carbocycles. The molecule has 0 bridgehead atoms. The molecule has 2 aliphatic rings. The average molecular weight is 460 g/mol. The summed E-state index contributed by atoms with van der Waals surface area (Å²) in [5, 5.41) is 0. The Balaban J connectivity index is 1.50. The molecule has 0 aliphatic carbocycles. The van der Waals surface area contributed by atoms with Crippen molar-refractivity contribution in [2.24, 2.45) is 9.98 Å². The summed E-state index contributed by atoms with van der Waals surface area (Å²) >= 11 is 0. The first-order valence-electron chi connectivity index (χ1n) is 10.5. The van der Waals surface area contributed by atoms with Crippen LogP contribution in [0.5, 0.6) is 0 Å². The predicted molar refractivity (Wildman–Crippen MR) is 117 cm³/mol. The molecular weight excluding hydrogens is 439 g/mol. The van der Waals surface area contributed by atoms with Crippen LogP contribution in [-0.4, -0.2) is 24.4 Å². The van der Waals surface area contributed by atoms with Gasteiger partial charge in [-0.25, -0.2) is 13.8 Å². The van der Waals surface area contributed by atoms with E-state index in [1.807, 2.05) is 36.4 Å². The van der Waals surface area contributed by atoms with Crippen LogP contribution >= 0.6 is 0 Å². The number of rotatable bonds is 4. The zero-order valence-electron chi connectivity index (χ0n) is 17.6. The van der Waals surface area contributed by atoms with Crippen LogP contribution in [0.15, 0.2) is 70.8 Å². The molecule has 4 rings (SSSR count). The van der Waals surface area contributed by atoms with Crippen molar-refractivity contribution in [2.75, 3.05) is 6.61 Å². The van der Waals surface area contributed by atoms with E-state index >= 15 is 0 Å². The fourth-order valence-corrected chi connectivity index (χ4v) is 3.80. The second-order valence-corrected chi connectivity index (χ2v) is 7.80. The topological polar surface area (TPSA) is 34.0 Å². The number of ether oxygens (including phenoxy) is 1. The molecule has 0 saturated heterocycles. The zero-order valence-corrected chi connectivity index (χ0v) is 17.6. The van der Waals surface area contributed by atoms with Crippen LogP contribution in [0.25, 0.3) is 5.57 Å². The summed E-state index contributed by atoms with van der Waals surface area (Å²) in [6.45, 7) is -1.37. The van der Waals surface area contributed by atoms with E-state index in [1.165, 1.54) is 24.4 Å². The molecule has 1 unspecified atom stereocenters. The van der Waals surface area contributed by atoms with Gasteiger partial charge in [-0.2, -0.15) is 13.2 Å². The molecule has 172 valence electrons. The molecule has 0 fully saturated rings. The fraction of sp³-hybridized carbons (Fsp3) is 0.280. The summed E-state index contributed by atoms with van der Waals surface area (Å²) in [5.74, 6) is -1.20. The Morgan fingerprint density at radius 2 is 1.70 bits per heavy atom. The lowest BCUT2D eigenvalue weighted by Gasteiger charge is -2.12. The van der Waals surface area contributed by atoms with Gasteiger partial charge in [-0.3, -0.25) is 4.99 Å². The van der Waals surface area contributed by atoms with Crippen molar-refractivity contribution in [2.45, 2.75) is 37.9 Å². The Bertz CT molecular complexity index is 1110. The highest BCUT2D eigenvalue weighted by Crippen LogP contribution is 2.33. The van der Waals surface area contributed by atoms with Crippen molar-refractivity contribution in [3.8, 4) is 0 Å². The minimum atomic E-state index is -4.41. The predicted octanol–water partition coefficient (Wildman–Crippen LogP) is 6.96. The van der Waals surface area contributed by atoms with Gasteiger partial charge in [0.2, 0.25) is 0 Å². The molecule has 0 spiro atoms. The van der Waals surface area contributed by atoms with Crippen LogP contribution in [0, 0.1) is 11.6 Å². The van der Waals surface area contributed by atoms with Gasteiger partial charge in [0.15, 0.2) is 12.5 Å². The lowest BCUT2D eigenvalue weighted by molar-refractivity contribution is -0.156. The van der Waals surface area contributed by atoms with Crippen molar-refractivity contribution in [1.29, 1.82) is 0 Å². The van der Waals surface area contributed by atoms with E-state index in [4.69, 9.17) is 4.74 Å². The zero-order chi connectivity index (χ0) is 23.4. The lowest BCUT2D eigenvalue weighted by atomic mass is 9.99. The summed E-state index contributed by atoms with van der Waals surface area (Å²) in [6.07, 6.45) is 2.74. The number of hydrogen-bond donors (Lipinski definition) is 0.